The Labute approximate surface area is 179 Å². The highest BCUT2D eigenvalue weighted by Crippen LogP contribution is 2.37. The van der Waals surface area contributed by atoms with Crippen LogP contribution in [0.5, 0.6) is 5.88 Å². The number of nitrogens with zero attached hydrogens (tertiary/aromatic N) is 4. The molecule has 0 aliphatic heterocycles. The van der Waals surface area contributed by atoms with Crippen LogP contribution >= 0.6 is 0 Å². The summed E-state index contributed by atoms with van der Waals surface area (Å²) in [4.78, 5) is 24.2. The molecule has 4 aromatic heterocycles. The summed E-state index contributed by atoms with van der Waals surface area (Å²) in [7, 11) is 1.61. The molecule has 0 spiro atoms. The summed E-state index contributed by atoms with van der Waals surface area (Å²) in [5, 5.41) is 11.5. The zero-order valence-corrected chi connectivity index (χ0v) is 17.8. The lowest BCUT2D eigenvalue weighted by molar-refractivity contribution is -0.123. The van der Waals surface area contributed by atoms with Gasteiger partial charge in [-0.1, -0.05) is 6.92 Å². The molecule has 0 saturated heterocycles. The monoisotopic (exact) mass is 419 g/mol. The number of pyridine rings is 1. The molecule has 0 atom stereocenters. The number of aromatic amines is 1. The van der Waals surface area contributed by atoms with E-state index in [1.165, 1.54) is 0 Å². The standard InChI is InChI=1S/C22H25N7O2/c1-4-17(30)28-22(2)10-14(11-22)25-21-26-19-18(20(27-21)31-3)16(12-23-19)13-6-8-29-15(9-13)5-7-24-29/h5-9,12,14H,4,10-11H2,1-3H3,(H,28,30)(H2,23,25,26,27)/t14-,22-. The Bertz CT molecular complexity index is 1270. The van der Waals surface area contributed by atoms with Crippen LogP contribution in [0.15, 0.2) is 36.8 Å². The van der Waals surface area contributed by atoms with Gasteiger partial charge >= 0.3 is 0 Å². The molecule has 1 amide bonds. The number of anilines is 1. The number of carbonyl (C=O) groups is 1. The lowest BCUT2D eigenvalue weighted by atomic mass is 9.74. The molecule has 1 saturated carbocycles. The first-order chi connectivity index (χ1) is 15.0. The number of nitrogens with one attached hydrogen (secondary N) is 3. The van der Waals surface area contributed by atoms with Gasteiger partial charge in [-0.15, -0.1) is 0 Å². The van der Waals surface area contributed by atoms with E-state index in [2.05, 4.69) is 43.7 Å². The summed E-state index contributed by atoms with van der Waals surface area (Å²) < 4.78 is 7.44. The highest BCUT2D eigenvalue weighted by molar-refractivity contribution is 5.98. The summed E-state index contributed by atoms with van der Waals surface area (Å²) in [5.74, 6) is 1.10. The fourth-order valence-electron chi connectivity index (χ4n) is 4.37. The van der Waals surface area contributed by atoms with E-state index in [0.717, 1.165) is 34.9 Å². The topological polar surface area (TPSA) is 109 Å². The minimum atomic E-state index is -0.176. The molecule has 0 aromatic carbocycles. The Kier molecular flexibility index (Phi) is 4.53. The molecule has 0 bridgehead atoms. The number of hydrogen-bond acceptors (Lipinski definition) is 6. The SMILES string of the molecule is CCC(=O)N[C@]1(C)C[C@@H](Nc2nc(OC)c3c(-c4ccn5nccc5c4)c[nH]c3n2)C1. The molecule has 3 N–H and O–H groups in total. The Morgan fingerprint density at radius 1 is 1.35 bits per heavy atom. The van der Waals surface area contributed by atoms with Crippen molar-refractivity contribution in [1.29, 1.82) is 0 Å². The zero-order valence-electron chi connectivity index (χ0n) is 17.8. The number of amides is 1. The van der Waals surface area contributed by atoms with Gasteiger partial charge in [0.15, 0.2) is 0 Å². The quantitative estimate of drug-likeness (QED) is 0.443. The summed E-state index contributed by atoms with van der Waals surface area (Å²) in [5.41, 5.74) is 3.54. The van der Waals surface area contributed by atoms with Crippen LogP contribution in [0.3, 0.4) is 0 Å². The largest absolute Gasteiger partial charge is 0.480 e. The van der Waals surface area contributed by atoms with Crippen LogP contribution in [0, 0.1) is 0 Å². The summed E-state index contributed by atoms with van der Waals surface area (Å²) in [6, 6.07) is 6.24. The molecular weight excluding hydrogens is 394 g/mol. The molecule has 1 aliphatic carbocycles. The fraction of sp³-hybridized carbons (Fsp3) is 0.364. The normalized spacial score (nSPS) is 20.5. The number of carbonyl (C=O) groups excluding carboxylic acids is 1. The van der Waals surface area contributed by atoms with Crippen molar-refractivity contribution in [2.45, 2.75) is 44.7 Å². The average molecular weight is 419 g/mol. The van der Waals surface area contributed by atoms with Gasteiger partial charge in [0.05, 0.1) is 18.0 Å². The van der Waals surface area contributed by atoms with Crippen molar-refractivity contribution in [1.82, 2.24) is 29.9 Å². The van der Waals surface area contributed by atoms with Crippen LogP contribution in [-0.2, 0) is 4.79 Å². The van der Waals surface area contributed by atoms with Crippen molar-refractivity contribution >= 4 is 28.4 Å². The molecule has 4 heterocycles. The predicted octanol–water partition coefficient (Wildman–Crippen LogP) is 3.14. The molecule has 1 fully saturated rings. The molecule has 5 rings (SSSR count). The van der Waals surface area contributed by atoms with E-state index in [1.807, 2.05) is 36.0 Å². The van der Waals surface area contributed by atoms with E-state index in [1.54, 1.807) is 13.3 Å². The molecule has 0 unspecified atom stereocenters. The third kappa shape index (κ3) is 3.45. The van der Waals surface area contributed by atoms with Crippen molar-refractivity contribution < 1.29 is 9.53 Å². The second-order valence-electron chi connectivity index (χ2n) is 8.31. The molecule has 160 valence electrons. The minimum Gasteiger partial charge on any atom is -0.480 e. The lowest BCUT2D eigenvalue weighted by Crippen LogP contribution is -2.59. The average Bonchev–Trinajstić information content (AvgIpc) is 3.38. The number of H-pyrrole nitrogens is 1. The Morgan fingerprint density at radius 3 is 2.97 bits per heavy atom. The third-order valence-electron chi connectivity index (χ3n) is 5.89. The molecule has 31 heavy (non-hydrogen) atoms. The molecule has 4 aromatic rings. The van der Waals surface area contributed by atoms with E-state index in [9.17, 15) is 4.79 Å². The van der Waals surface area contributed by atoms with E-state index in [-0.39, 0.29) is 17.5 Å². The van der Waals surface area contributed by atoms with E-state index >= 15 is 0 Å². The number of hydrogen-bond donors (Lipinski definition) is 3. The number of methoxy groups -OCH3 is 1. The lowest BCUT2D eigenvalue weighted by Gasteiger charge is -2.45. The van der Waals surface area contributed by atoms with Gasteiger partial charge in [0.1, 0.15) is 5.65 Å². The van der Waals surface area contributed by atoms with Crippen LogP contribution < -0.4 is 15.4 Å². The van der Waals surface area contributed by atoms with Gasteiger partial charge < -0.3 is 20.4 Å². The first-order valence-electron chi connectivity index (χ1n) is 10.4. The van der Waals surface area contributed by atoms with Crippen LogP contribution in [0.2, 0.25) is 0 Å². The predicted molar refractivity (Wildman–Crippen MR) is 118 cm³/mol. The second-order valence-corrected chi connectivity index (χ2v) is 8.31. The Morgan fingerprint density at radius 2 is 2.19 bits per heavy atom. The maximum atomic E-state index is 11.7. The van der Waals surface area contributed by atoms with E-state index in [0.29, 0.717) is 23.9 Å². The van der Waals surface area contributed by atoms with Crippen molar-refractivity contribution in [2.24, 2.45) is 0 Å². The highest BCUT2D eigenvalue weighted by atomic mass is 16.5. The summed E-state index contributed by atoms with van der Waals surface area (Å²) >= 11 is 0. The summed E-state index contributed by atoms with van der Waals surface area (Å²) in [6.45, 7) is 3.93. The number of ether oxygens (including phenoxy) is 1. The van der Waals surface area contributed by atoms with Gasteiger partial charge in [-0.05, 0) is 43.5 Å². The van der Waals surface area contributed by atoms with Gasteiger partial charge in [0, 0.05) is 42.2 Å². The van der Waals surface area contributed by atoms with Gasteiger partial charge in [-0.3, -0.25) is 4.79 Å². The van der Waals surface area contributed by atoms with Gasteiger partial charge in [0.25, 0.3) is 0 Å². The van der Waals surface area contributed by atoms with E-state index < -0.39 is 0 Å². The minimum absolute atomic E-state index is 0.0771. The van der Waals surface area contributed by atoms with Crippen LogP contribution in [0.25, 0.3) is 27.7 Å². The Balaban J connectivity index is 1.41. The van der Waals surface area contributed by atoms with E-state index in [4.69, 9.17) is 4.74 Å². The van der Waals surface area contributed by atoms with Crippen LogP contribution in [0.4, 0.5) is 5.95 Å². The van der Waals surface area contributed by atoms with Crippen LogP contribution in [-0.4, -0.2) is 49.2 Å². The maximum absolute atomic E-state index is 11.7. The van der Waals surface area contributed by atoms with Crippen molar-refractivity contribution in [3.63, 3.8) is 0 Å². The van der Waals surface area contributed by atoms with Crippen molar-refractivity contribution in [2.75, 3.05) is 12.4 Å². The van der Waals surface area contributed by atoms with Crippen molar-refractivity contribution in [3.8, 4) is 17.0 Å². The third-order valence-corrected chi connectivity index (χ3v) is 5.89. The molecule has 1 aliphatic rings. The zero-order chi connectivity index (χ0) is 21.6. The van der Waals surface area contributed by atoms with Gasteiger partial charge in [-0.2, -0.15) is 15.1 Å². The molecule has 9 nitrogen and oxygen atoms in total. The highest BCUT2D eigenvalue weighted by Gasteiger charge is 2.41. The maximum Gasteiger partial charge on any atom is 0.228 e. The molecule has 0 radical (unpaired) electrons. The fourth-order valence-corrected chi connectivity index (χ4v) is 4.37. The first kappa shape index (κ1) is 19.3. The number of rotatable bonds is 6. The van der Waals surface area contributed by atoms with Gasteiger partial charge in [-0.25, -0.2) is 4.52 Å². The summed E-state index contributed by atoms with van der Waals surface area (Å²) in [6.07, 6.45) is 7.77. The smallest absolute Gasteiger partial charge is 0.228 e. The van der Waals surface area contributed by atoms with Crippen LogP contribution in [0.1, 0.15) is 33.1 Å². The molecular formula is C22H25N7O2. The molecule has 9 heteroatoms. The number of fused-ring (bicyclic) bond motifs is 2. The number of aromatic nitrogens is 5. The second kappa shape index (κ2) is 7.26. The van der Waals surface area contributed by atoms with Gasteiger partial charge in [0.2, 0.25) is 17.7 Å². The Hall–Kier alpha value is -3.62. The first-order valence-corrected chi connectivity index (χ1v) is 10.4. The van der Waals surface area contributed by atoms with Crippen molar-refractivity contribution in [3.05, 3.63) is 36.8 Å².